The largest absolute Gasteiger partial charge is 0.484 e. The molecule has 134 valence electrons. The number of nitrogens with one attached hydrogen (secondary N) is 1. The maximum atomic E-state index is 11.9. The van der Waals surface area contributed by atoms with Crippen LogP contribution in [-0.4, -0.2) is 24.0 Å². The second kappa shape index (κ2) is 8.63. The molecule has 0 saturated carbocycles. The summed E-state index contributed by atoms with van der Waals surface area (Å²) in [6, 6.07) is 16.0. The number of amides is 1. The van der Waals surface area contributed by atoms with E-state index >= 15 is 0 Å². The van der Waals surface area contributed by atoms with Crippen LogP contribution in [0, 0.1) is 13.8 Å². The molecule has 2 aromatic carbocycles. The number of para-hydroxylation sites is 1. The van der Waals surface area contributed by atoms with E-state index in [0.29, 0.717) is 13.0 Å². The van der Waals surface area contributed by atoms with Crippen LogP contribution < -0.4 is 10.1 Å². The predicted molar refractivity (Wildman–Crippen MR) is 106 cm³/mol. The SMILES string of the molecule is Cc1ccc(-c2nc(CCNC(=O)COc3ccccc3C)cs2)cc1. The maximum absolute atomic E-state index is 11.9. The molecule has 0 aliphatic carbocycles. The van der Waals surface area contributed by atoms with Crippen LogP contribution in [-0.2, 0) is 11.2 Å². The van der Waals surface area contributed by atoms with Gasteiger partial charge >= 0.3 is 0 Å². The lowest BCUT2D eigenvalue weighted by atomic mass is 10.2. The van der Waals surface area contributed by atoms with E-state index in [0.717, 1.165) is 27.6 Å². The third-order valence-corrected chi connectivity index (χ3v) is 4.95. The summed E-state index contributed by atoms with van der Waals surface area (Å²) in [6.45, 7) is 4.60. The number of carbonyl (C=O) groups excluding carboxylic acids is 1. The quantitative estimate of drug-likeness (QED) is 0.683. The summed E-state index contributed by atoms with van der Waals surface area (Å²) in [5.41, 5.74) is 4.38. The third-order valence-electron chi connectivity index (χ3n) is 4.01. The topological polar surface area (TPSA) is 51.2 Å². The second-order valence-corrected chi connectivity index (χ2v) is 7.02. The number of carbonyl (C=O) groups is 1. The summed E-state index contributed by atoms with van der Waals surface area (Å²) in [4.78, 5) is 16.6. The molecule has 0 saturated heterocycles. The van der Waals surface area contributed by atoms with Gasteiger partial charge in [0.1, 0.15) is 10.8 Å². The van der Waals surface area contributed by atoms with E-state index in [1.54, 1.807) is 11.3 Å². The zero-order chi connectivity index (χ0) is 18.4. The van der Waals surface area contributed by atoms with Gasteiger partial charge in [0, 0.05) is 23.9 Å². The van der Waals surface area contributed by atoms with Gasteiger partial charge in [-0.15, -0.1) is 11.3 Å². The van der Waals surface area contributed by atoms with Crippen molar-refractivity contribution in [2.45, 2.75) is 20.3 Å². The van der Waals surface area contributed by atoms with Gasteiger partial charge in [-0.25, -0.2) is 4.98 Å². The summed E-state index contributed by atoms with van der Waals surface area (Å²) >= 11 is 1.63. The first kappa shape index (κ1) is 18.1. The van der Waals surface area contributed by atoms with Crippen molar-refractivity contribution in [3.05, 3.63) is 70.7 Å². The molecule has 3 rings (SSSR count). The van der Waals surface area contributed by atoms with Gasteiger partial charge in [0.2, 0.25) is 0 Å². The lowest BCUT2D eigenvalue weighted by Crippen LogP contribution is -2.30. The average Bonchev–Trinajstić information content (AvgIpc) is 3.10. The van der Waals surface area contributed by atoms with Crippen molar-refractivity contribution < 1.29 is 9.53 Å². The molecule has 0 bridgehead atoms. The van der Waals surface area contributed by atoms with E-state index in [4.69, 9.17) is 4.74 Å². The van der Waals surface area contributed by atoms with E-state index < -0.39 is 0 Å². The summed E-state index contributed by atoms with van der Waals surface area (Å²) < 4.78 is 5.55. The Kier molecular flexibility index (Phi) is 6.02. The minimum Gasteiger partial charge on any atom is -0.484 e. The molecule has 0 fully saturated rings. The molecule has 0 spiro atoms. The minimum atomic E-state index is -0.123. The molecule has 0 aliphatic heterocycles. The standard InChI is InChI=1S/C21H22N2O2S/c1-15-7-9-17(10-8-15)21-23-18(14-26-21)11-12-22-20(24)13-25-19-6-4-3-5-16(19)2/h3-10,14H,11-13H2,1-2H3,(H,22,24). The van der Waals surface area contributed by atoms with Crippen LogP contribution in [0.25, 0.3) is 10.6 Å². The Labute approximate surface area is 157 Å². The number of rotatable bonds is 7. The second-order valence-electron chi connectivity index (χ2n) is 6.16. The van der Waals surface area contributed by atoms with Crippen molar-refractivity contribution in [1.29, 1.82) is 0 Å². The van der Waals surface area contributed by atoms with E-state index in [9.17, 15) is 4.79 Å². The van der Waals surface area contributed by atoms with Crippen LogP contribution in [0.4, 0.5) is 0 Å². The average molecular weight is 366 g/mol. The molecule has 3 aromatic rings. The number of nitrogens with zero attached hydrogens (tertiary/aromatic N) is 1. The van der Waals surface area contributed by atoms with E-state index in [1.165, 1.54) is 5.56 Å². The first-order valence-electron chi connectivity index (χ1n) is 8.58. The normalized spacial score (nSPS) is 10.5. The van der Waals surface area contributed by atoms with Gasteiger partial charge in [-0.05, 0) is 25.5 Å². The molecule has 0 aliphatic rings. The lowest BCUT2D eigenvalue weighted by Gasteiger charge is -2.08. The van der Waals surface area contributed by atoms with Crippen LogP contribution in [0.5, 0.6) is 5.75 Å². The molecule has 1 heterocycles. The molecule has 5 heteroatoms. The van der Waals surface area contributed by atoms with Crippen LogP contribution >= 0.6 is 11.3 Å². The van der Waals surface area contributed by atoms with Gasteiger partial charge < -0.3 is 10.1 Å². The number of ether oxygens (including phenoxy) is 1. The first-order valence-corrected chi connectivity index (χ1v) is 9.46. The van der Waals surface area contributed by atoms with Crippen LogP contribution in [0.2, 0.25) is 0 Å². The highest BCUT2D eigenvalue weighted by molar-refractivity contribution is 7.13. The van der Waals surface area contributed by atoms with E-state index in [2.05, 4.69) is 41.5 Å². The Morgan fingerprint density at radius 1 is 1.12 bits per heavy atom. The molecule has 0 unspecified atom stereocenters. The van der Waals surface area contributed by atoms with Crippen molar-refractivity contribution >= 4 is 17.2 Å². The summed E-state index contributed by atoms with van der Waals surface area (Å²) in [5.74, 6) is 0.618. The minimum absolute atomic E-state index is 0.0243. The fraction of sp³-hybridized carbons (Fsp3) is 0.238. The van der Waals surface area contributed by atoms with Gasteiger partial charge in [-0.2, -0.15) is 0 Å². The Hall–Kier alpha value is -2.66. The zero-order valence-corrected chi connectivity index (χ0v) is 15.8. The highest BCUT2D eigenvalue weighted by atomic mass is 32.1. The van der Waals surface area contributed by atoms with Crippen molar-refractivity contribution in [3.8, 4) is 16.3 Å². The predicted octanol–water partition coefficient (Wildman–Crippen LogP) is 4.16. The Morgan fingerprint density at radius 3 is 2.65 bits per heavy atom. The van der Waals surface area contributed by atoms with Gasteiger partial charge in [-0.1, -0.05) is 48.0 Å². The smallest absolute Gasteiger partial charge is 0.257 e. The van der Waals surface area contributed by atoms with E-state index in [1.807, 2.05) is 36.6 Å². The summed E-state index contributed by atoms with van der Waals surface area (Å²) in [7, 11) is 0. The van der Waals surface area contributed by atoms with Gasteiger partial charge in [0.05, 0.1) is 5.69 Å². The molecular weight excluding hydrogens is 344 g/mol. The number of aromatic nitrogens is 1. The molecule has 4 nitrogen and oxygen atoms in total. The van der Waals surface area contributed by atoms with Gasteiger partial charge in [0.15, 0.2) is 6.61 Å². The molecule has 1 amide bonds. The fourth-order valence-corrected chi connectivity index (χ4v) is 3.35. The molecule has 1 N–H and O–H groups in total. The number of thiazole rings is 1. The molecule has 0 atom stereocenters. The van der Waals surface area contributed by atoms with Crippen molar-refractivity contribution in [2.75, 3.05) is 13.2 Å². The van der Waals surface area contributed by atoms with Crippen molar-refractivity contribution in [3.63, 3.8) is 0 Å². The Morgan fingerprint density at radius 2 is 1.88 bits per heavy atom. The number of hydrogen-bond acceptors (Lipinski definition) is 4. The number of aryl methyl sites for hydroxylation is 2. The van der Waals surface area contributed by atoms with Crippen molar-refractivity contribution in [1.82, 2.24) is 10.3 Å². The number of hydrogen-bond donors (Lipinski definition) is 1. The zero-order valence-electron chi connectivity index (χ0n) is 15.0. The Bertz CT molecular complexity index is 872. The van der Waals surface area contributed by atoms with Crippen molar-refractivity contribution in [2.24, 2.45) is 0 Å². The molecule has 26 heavy (non-hydrogen) atoms. The van der Waals surface area contributed by atoms with Gasteiger partial charge in [0.25, 0.3) is 5.91 Å². The van der Waals surface area contributed by atoms with Gasteiger partial charge in [-0.3, -0.25) is 4.79 Å². The first-order chi connectivity index (χ1) is 12.6. The van der Waals surface area contributed by atoms with Crippen LogP contribution in [0.1, 0.15) is 16.8 Å². The summed E-state index contributed by atoms with van der Waals surface area (Å²) in [5, 5.41) is 5.93. The molecular formula is C21H22N2O2S. The van der Waals surface area contributed by atoms with Crippen LogP contribution in [0.15, 0.2) is 53.9 Å². The molecule has 1 aromatic heterocycles. The highest BCUT2D eigenvalue weighted by Crippen LogP contribution is 2.24. The fourth-order valence-electron chi connectivity index (χ4n) is 2.49. The number of benzene rings is 2. The Balaban J connectivity index is 1.44. The monoisotopic (exact) mass is 366 g/mol. The molecule has 0 radical (unpaired) electrons. The third kappa shape index (κ3) is 4.92. The highest BCUT2D eigenvalue weighted by Gasteiger charge is 2.07. The maximum Gasteiger partial charge on any atom is 0.257 e. The lowest BCUT2D eigenvalue weighted by molar-refractivity contribution is -0.123. The van der Waals surface area contributed by atoms with Crippen LogP contribution in [0.3, 0.4) is 0 Å². The van der Waals surface area contributed by atoms with E-state index in [-0.39, 0.29) is 12.5 Å². The summed E-state index contributed by atoms with van der Waals surface area (Å²) in [6.07, 6.45) is 0.707.